The van der Waals surface area contributed by atoms with E-state index >= 15 is 0 Å². The van der Waals surface area contributed by atoms with Gasteiger partial charge in [0.05, 0.1) is 15.6 Å². The molecule has 9 nitrogen and oxygen atoms in total. The minimum atomic E-state index is -1.60. The van der Waals surface area contributed by atoms with E-state index in [0.29, 0.717) is 43.8 Å². The highest BCUT2D eigenvalue weighted by Crippen LogP contribution is 2.49. The summed E-state index contributed by atoms with van der Waals surface area (Å²) in [4.78, 5) is 44.4. The smallest absolute Gasteiger partial charge is 0.262 e. The number of nitrogen functional groups attached to an aromatic ring is 1. The van der Waals surface area contributed by atoms with Crippen LogP contribution in [0.5, 0.6) is 0 Å². The number of carbonyl (C=O) groups is 3. The van der Waals surface area contributed by atoms with Gasteiger partial charge >= 0.3 is 0 Å². The second kappa shape index (κ2) is 10.2. The van der Waals surface area contributed by atoms with Crippen LogP contribution in [0.2, 0.25) is 0 Å². The maximum atomic E-state index is 14.1. The number of pyridine rings is 1. The summed E-state index contributed by atoms with van der Waals surface area (Å²) in [5.41, 5.74) is 22.1. The summed E-state index contributed by atoms with van der Waals surface area (Å²) in [7, 11) is 0. The second-order valence-electron chi connectivity index (χ2n) is 10.6. The van der Waals surface area contributed by atoms with Crippen LogP contribution in [-0.2, 0) is 15.1 Å². The van der Waals surface area contributed by atoms with E-state index in [1.165, 1.54) is 17.4 Å². The van der Waals surface area contributed by atoms with Crippen LogP contribution in [0.1, 0.15) is 51.7 Å². The Morgan fingerprint density at radius 2 is 1.78 bits per heavy atom. The largest absolute Gasteiger partial charge is 0.398 e. The van der Waals surface area contributed by atoms with Gasteiger partial charge in [-0.2, -0.15) is 0 Å². The lowest BCUT2D eigenvalue weighted by Gasteiger charge is -2.36. The van der Waals surface area contributed by atoms with Crippen LogP contribution in [0, 0.1) is 0 Å². The van der Waals surface area contributed by atoms with E-state index < -0.39 is 17.4 Å². The maximum absolute atomic E-state index is 14.1. The standard InChI is InChI=1S/C31H30N6O3S/c1-2-23(38)36-21-9-6-10-22(21)37-30(40)28-25-24-19(11-12-20(32)27(24)41-28)31(34,29(39)26(25)33)18-13-17(14-35-15-18)16-7-4-3-5-8-16/h2-5,7-8,11-15,21-22,26H,1,6,9-10,32-34H2,(H,36,38)(H,37,40)/t21-,22+,26?,31?/m0/s1. The van der Waals surface area contributed by atoms with Crippen molar-refractivity contribution in [2.45, 2.75) is 42.9 Å². The van der Waals surface area contributed by atoms with Crippen LogP contribution in [0.25, 0.3) is 21.2 Å². The highest BCUT2D eigenvalue weighted by Gasteiger charge is 2.49. The zero-order valence-electron chi connectivity index (χ0n) is 22.2. The zero-order chi connectivity index (χ0) is 28.9. The zero-order valence-corrected chi connectivity index (χ0v) is 23.0. The Bertz CT molecular complexity index is 1720. The minimum absolute atomic E-state index is 0.216. The molecule has 2 aromatic carbocycles. The molecular weight excluding hydrogens is 536 g/mol. The molecule has 1 saturated carbocycles. The topological polar surface area (TPSA) is 166 Å². The molecule has 6 rings (SSSR count). The van der Waals surface area contributed by atoms with Crippen molar-refractivity contribution < 1.29 is 14.4 Å². The van der Waals surface area contributed by atoms with E-state index in [4.69, 9.17) is 17.2 Å². The van der Waals surface area contributed by atoms with Gasteiger partial charge in [0.25, 0.3) is 5.91 Å². The Hall–Kier alpha value is -4.38. The van der Waals surface area contributed by atoms with Gasteiger partial charge in [-0.15, -0.1) is 11.3 Å². The number of hydrogen-bond donors (Lipinski definition) is 5. The normalized spacial score (nSPS) is 23.4. The number of benzene rings is 2. The number of nitrogens with zero attached hydrogens (tertiary/aromatic N) is 1. The number of ketones is 1. The average Bonchev–Trinajstić information content (AvgIpc) is 3.61. The van der Waals surface area contributed by atoms with Gasteiger partial charge in [0.2, 0.25) is 5.91 Å². The molecule has 2 aromatic heterocycles. The van der Waals surface area contributed by atoms with Crippen LogP contribution < -0.4 is 27.8 Å². The lowest BCUT2D eigenvalue weighted by atomic mass is 9.70. The van der Waals surface area contributed by atoms with Gasteiger partial charge in [0.1, 0.15) is 5.54 Å². The number of amides is 2. The fraction of sp³-hybridized carbons (Fsp3) is 0.226. The van der Waals surface area contributed by atoms with Crippen LogP contribution in [0.4, 0.5) is 5.69 Å². The Morgan fingerprint density at radius 1 is 1.05 bits per heavy atom. The highest BCUT2D eigenvalue weighted by molar-refractivity contribution is 7.21. The Kier molecular flexibility index (Phi) is 6.69. The summed E-state index contributed by atoms with van der Waals surface area (Å²) < 4.78 is 0.649. The first-order valence-corrected chi connectivity index (χ1v) is 14.2. The minimum Gasteiger partial charge on any atom is -0.398 e. The molecule has 10 heteroatoms. The Labute approximate surface area is 240 Å². The molecule has 4 atom stereocenters. The number of nitrogens with two attached hydrogens (primary N) is 3. The van der Waals surface area contributed by atoms with Gasteiger partial charge in [0, 0.05) is 52.2 Å². The van der Waals surface area contributed by atoms with Crippen molar-refractivity contribution in [1.82, 2.24) is 15.6 Å². The molecule has 0 radical (unpaired) electrons. The number of nitrogens with one attached hydrogen (secondary N) is 2. The van der Waals surface area contributed by atoms with E-state index in [2.05, 4.69) is 22.2 Å². The number of aromatic nitrogens is 1. The second-order valence-corrected chi connectivity index (χ2v) is 11.6. The van der Waals surface area contributed by atoms with Crippen molar-refractivity contribution in [3.63, 3.8) is 0 Å². The molecule has 0 saturated heterocycles. The fourth-order valence-corrected chi connectivity index (χ4v) is 7.28. The summed E-state index contributed by atoms with van der Waals surface area (Å²) in [6, 6.07) is 13.4. The number of Topliss-reactive ketones (excluding diaryl/α,β-unsaturated/α-hetero) is 1. The van der Waals surface area contributed by atoms with Crippen molar-refractivity contribution in [1.29, 1.82) is 0 Å². The molecule has 2 heterocycles. The van der Waals surface area contributed by atoms with Gasteiger partial charge in [0.15, 0.2) is 5.78 Å². The molecule has 41 heavy (non-hydrogen) atoms. The molecule has 0 bridgehead atoms. The van der Waals surface area contributed by atoms with E-state index in [-0.39, 0.29) is 23.9 Å². The quantitative estimate of drug-likeness (QED) is 0.176. The van der Waals surface area contributed by atoms with Crippen LogP contribution in [0.15, 0.2) is 73.6 Å². The Morgan fingerprint density at radius 3 is 2.51 bits per heavy atom. The third-order valence-electron chi connectivity index (χ3n) is 8.17. The molecular formula is C31H30N6O3S. The summed E-state index contributed by atoms with van der Waals surface area (Å²) in [6.45, 7) is 3.51. The summed E-state index contributed by atoms with van der Waals surface area (Å²) >= 11 is 1.20. The lowest BCUT2D eigenvalue weighted by molar-refractivity contribution is -0.124. The van der Waals surface area contributed by atoms with E-state index in [1.807, 2.05) is 36.4 Å². The lowest BCUT2D eigenvalue weighted by Crippen LogP contribution is -2.53. The third-order valence-corrected chi connectivity index (χ3v) is 9.42. The molecule has 0 spiro atoms. The number of thiophene rings is 1. The van der Waals surface area contributed by atoms with Crippen LogP contribution in [-0.4, -0.2) is 34.7 Å². The number of carbonyl (C=O) groups excluding carboxylic acids is 3. The number of hydrogen-bond acceptors (Lipinski definition) is 8. The van der Waals surface area contributed by atoms with Crippen molar-refractivity contribution in [2.75, 3.05) is 5.73 Å². The van der Waals surface area contributed by atoms with Gasteiger partial charge in [-0.05, 0) is 48.6 Å². The molecule has 2 aliphatic rings. The number of rotatable bonds is 6. The average molecular weight is 567 g/mol. The predicted molar refractivity (Wildman–Crippen MR) is 160 cm³/mol. The van der Waals surface area contributed by atoms with Gasteiger partial charge < -0.3 is 27.8 Å². The summed E-state index contributed by atoms with van der Waals surface area (Å²) in [6.07, 6.45) is 6.83. The predicted octanol–water partition coefficient (Wildman–Crippen LogP) is 3.28. The van der Waals surface area contributed by atoms with Crippen molar-refractivity contribution in [2.24, 2.45) is 11.5 Å². The van der Waals surface area contributed by atoms with Crippen molar-refractivity contribution >= 4 is 44.7 Å². The fourth-order valence-electron chi connectivity index (χ4n) is 6.07. The monoisotopic (exact) mass is 566 g/mol. The van der Waals surface area contributed by atoms with Crippen molar-refractivity contribution in [3.8, 4) is 11.1 Å². The molecule has 2 unspecified atom stereocenters. The molecule has 1 fully saturated rings. The molecule has 208 valence electrons. The SMILES string of the molecule is C=CC(=O)N[C@H]1CCC[C@H]1NC(=O)c1sc2c(N)ccc3c2c1C(N)C(=O)C3(N)c1cncc(-c2ccccc2)c1. The molecule has 2 aliphatic carbocycles. The molecule has 4 aromatic rings. The summed E-state index contributed by atoms with van der Waals surface area (Å²) in [5.74, 6) is -1.09. The Balaban J connectivity index is 1.44. The van der Waals surface area contributed by atoms with E-state index in [1.54, 1.807) is 24.5 Å². The van der Waals surface area contributed by atoms with Gasteiger partial charge in [-0.3, -0.25) is 19.4 Å². The number of anilines is 1. The van der Waals surface area contributed by atoms with Crippen LogP contribution >= 0.6 is 11.3 Å². The van der Waals surface area contributed by atoms with E-state index in [9.17, 15) is 14.4 Å². The summed E-state index contributed by atoms with van der Waals surface area (Å²) in [5, 5.41) is 6.58. The highest BCUT2D eigenvalue weighted by atomic mass is 32.1. The first-order chi connectivity index (χ1) is 19.7. The first kappa shape index (κ1) is 26.8. The van der Waals surface area contributed by atoms with E-state index in [0.717, 1.165) is 24.0 Å². The van der Waals surface area contributed by atoms with Crippen molar-refractivity contribution in [3.05, 3.63) is 95.1 Å². The molecule has 8 N–H and O–H groups in total. The van der Waals surface area contributed by atoms with Gasteiger partial charge in [-0.25, -0.2) is 0 Å². The first-order valence-electron chi connectivity index (χ1n) is 13.4. The molecule has 2 amide bonds. The third kappa shape index (κ3) is 4.31. The van der Waals surface area contributed by atoms with Gasteiger partial charge in [-0.1, -0.05) is 43.0 Å². The van der Waals surface area contributed by atoms with Crippen LogP contribution in [0.3, 0.4) is 0 Å². The molecule has 0 aliphatic heterocycles. The maximum Gasteiger partial charge on any atom is 0.262 e.